The SMILES string of the molecule is C#CC(=O)OC(C)CCCCCCCCCCI. The summed E-state index contributed by atoms with van der Waals surface area (Å²) in [4.78, 5) is 10.8. The van der Waals surface area contributed by atoms with Crippen molar-refractivity contribution in [1.82, 2.24) is 0 Å². The van der Waals surface area contributed by atoms with Gasteiger partial charge in [0.15, 0.2) is 0 Å². The van der Waals surface area contributed by atoms with E-state index in [9.17, 15) is 4.79 Å². The lowest BCUT2D eigenvalue weighted by molar-refractivity contribution is -0.141. The van der Waals surface area contributed by atoms with Gasteiger partial charge in [-0.3, -0.25) is 0 Å². The lowest BCUT2D eigenvalue weighted by Crippen LogP contribution is -2.12. The summed E-state index contributed by atoms with van der Waals surface area (Å²) >= 11 is 2.44. The van der Waals surface area contributed by atoms with Crippen molar-refractivity contribution in [2.24, 2.45) is 0 Å². The fourth-order valence-corrected chi connectivity index (χ4v) is 2.40. The highest BCUT2D eigenvalue weighted by Crippen LogP contribution is 2.12. The van der Waals surface area contributed by atoms with Crippen molar-refractivity contribution >= 4 is 28.6 Å². The fourth-order valence-electron chi connectivity index (χ4n) is 1.86. The first-order chi connectivity index (χ1) is 8.70. The van der Waals surface area contributed by atoms with Gasteiger partial charge in [-0.05, 0) is 30.6 Å². The number of alkyl halides is 1. The number of unbranched alkanes of at least 4 members (excludes halogenated alkanes) is 7. The van der Waals surface area contributed by atoms with Crippen molar-refractivity contribution in [2.45, 2.75) is 70.8 Å². The van der Waals surface area contributed by atoms with Crippen LogP contribution in [-0.2, 0) is 9.53 Å². The molecule has 0 N–H and O–H groups in total. The first kappa shape index (κ1) is 17.8. The molecule has 0 amide bonds. The second-order valence-electron chi connectivity index (χ2n) is 4.67. The molecule has 0 bridgehead atoms. The van der Waals surface area contributed by atoms with Gasteiger partial charge in [0.05, 0.1) is 0 Å². The lowest BCUT2D eigenvalue weighted by atomic mass is 10.1. The summed E-state index contributed by atoms with van der Waals surface area (Å²) in [6.07, 6.45) is 16.3. The summed E-state index contributed by atoms with van der Waals surface area (Å²) in [6, 6.07) is 0. The van der Waals surface area contributed by atoms with Crippen molar-refractivity contribution < 1.29 is 9.53 Å². The molecule has 0 saturated carbocycles. The molecule has 0 aromatic rings. The number of ether oxygens (including phenoxy) is 1. The highest BCUT2D eigenvalue weighted by molar-refractivity contribution is 14.1. The fraction of sp³-hybridized carbons (Fsp3) is 0.800. The molecule has 104 valence electrons. The molecule has 0 heterocycles. The molecule has 3 heteroatoms. The van der Waals surface area contributed by atoms with Gasteiger partial charge in [0.1, 0.15) is 6.10 Å². The van der Waals surface area contributed by atoms with Crippen LogP contribution in [0.1, 0.15) is 64.7 Å². The maximum Gasteiger partial charge on any atom is 0.384 e. The molecule has 0 aliphatic carbocycles. The minimum atomic E-state index is -0.544. The average Bonchev–Trinajstić information content (AvgIpc) is 2.36. The molecule has 18 heavy (non-hydrogen) atoms. The van der Waals surface area contributed by atoms with Crippen LogP contribution in [-0.4, -0.2) is 16.5 Å². The summed E-state index contributed by atoms with van der Waals surface area (Å²) < 4.78 is 6.28. The van der Waals surface area contributed by atoms with Crippen LogP contribution in [0.15, 0.2) is 0 Å². The Balaban J connectivity index is 3.20. The summed E-state index contributed by atoms with van der Waals surface area (Å²) in [5, 5.41) is 0. The van der Waals surface area contributed by atoms with E-state index in [1.807, 2.05) is 12.8 Å². The quantitative estimate of drug-likeness (QED) is 0.135. The van der Waals surface area contributed by atoms with Crippen LogP contribution in [0.5, 0.6) is 0 Å². The van der Waals surface area contributed by atoms with Crippen molar-refractivity contribution in [1.29, 1.82) is 0 Å². The number of carbonyl (C=O) groups is 1. The van der Waals surface area contributed by atoms with Crippen molar-refractivity contribution in [3.8, 4) is 12.3 Å². The normalized spacial score (nSPS) is 11.8. The van der Waals surface area contributed by atoms with Crippen LogP contribution >= 0.6 is 22.6 Å². The summed E-state index contributed by atoms with van der Waals surface area (Å²) in [7, 11) is 0. The zero-order valence-electron chi connectivity index (χ0n) is 11.4. The second-order valence-corrected chi connectivity index (χ2v) is 5.75. The maximum atomic E-state index is 10.8. The third kappa shape index (κ3) is 12.2. The van der Waals surface area contributed by atoms with Crippen LogP contribution in [0.2, 0.25) is 0 Å². The molecule has 1 atom stereocenters. The van der Waals surface area contributed by atoms with Crippen molar-refractivity contribution in [3.63, 3.8) is 0 Å². The minimum absolute atomic E-state index is 0.0443. The van der Waals surface area contributed by atoms with Gasteiger partial charge in [0, 0.05) is 5.92 Å². The van der Waals surface area contributed by atoms with E-state index in [1.165, 1.54) is 49.4 Å². The smallest absolute Gasteiger partial charge is 0.384 e. The van der Waals surface area contributed by atoms with E-state index in [-0.39, 0.29) is 6.10 Å². The van der Waals surface area contributed by atoms with Crippen LogP contribution < -0.4 is 0 Å². The number of carbonyl (C=O) groups excluding carboxylic acids is 1. The Morgan fingerprint density at radius 2 is 1.61 bits per heavy atom. The Morgan fingerprint density at radius 3 is 2.11 bits per heavy atom. The molecule has 0 aromatic heterocycles. The van der Waals surface area contributed by atoms with Gasteiger partial charge < -0.3 is 4.74 Å². The Bertz CT molecular complexity index is 245. The predicted molar refractivity (Wildman–Crippen MR) is 84.8 cm³/mol. The van der Waals surface area contributed by atoms with Crippen molar-refractivity contribution in [2.75, 3.05) is 4.43 Å². The lowest BCUT2D eigenvalue weighted by Gasteiger charge is -2.10. The number of hydrogen-bond donors (Lipinski definition) is 0. The monoisotopic (exact) mass is 364 g/mol. The van der Waals surface area contributed by atoms with Crippen LogP contribution in [0.25, 0.3) is 0 Å². The zero-order valence-corrected chi connectivity index (χ0v) is 13.6. The number of esters is 1. The van der Waals surface area contributed by atoms with Gasteiger partial charge in [-0.1, -0.05) is 61.1 Å². The topological polar surface area (TPSA) is 26.3 Å². The standard InChI is InChI=1S/C15H25IO2/c1-3-15(17)18-14(2)12-10-8-6-4-5-7-9-11-13-16/h1,14H,4-13H2,2H3. The Labute approximate surface area is 125 Å². The molecule has 0 radical (unpaired) electrons. The average molecular weight is 364 g/mol. The van der Waals surface area contributed by atoms with Crippen molar-refractivity contribution in [3.05, 3.63) is 0 Å². The number of hydrogen-bond acceptors (Lipinski definition) is 2. The van der Waals surface area contributed by atoms with E-state index in [1.54, 1.807) is 0 Å². The Hall–Kier alpha value is -0.240. The summed E-state index contributed by atoms with van der Waals surface area (Å²) in [6.45, 7) is 1.90. The van der Waals surface area contributed by atoms with Crippen LogP contribution in [0.3, 0.4) is 0 Å². The van der Waals surface area contributed by atoms with E-state index in [2.05, 4.69) is 22.6 Å². The summed E-state index contributed by atoms with van der Waals surface area (Å²) in [5.41, 5.74) is 0. The highest BCUT2D eigenvalue weighted by atomic mass is 127. The van der Waals surface area contributed by atoms with Gasteiger partial charge in [-0.2, -0.15) is 0 Å². The first-order valence-electron chi connectivity index (χ1n) is 6.94. The maximum absolute atomic E-state index is 10.8. The molecule has 0 aromatic carbocycles. The minimum Gasteiger partial charge on any atom is -0.453 e. The molecule has 0 spiro atoms. The molecule has 0 fully saturated rings. The van der Waals surface area contributed by atoms with Gasteiger partial charge >= 0.3 is 5.97 Å². The molecule has 1 unspecified atom stereocenters. The van der Waals surface area contributed by atoms with Crippen LogP contribution in [0.4, 0.5) is 0 Å². The van der Waals surface area contributed by atoms with E-state index in [4.69, 9.17) is 11.2 Å². The van der Waals surface area contributed by atoms with Gasteiger partial charge in [0.2, 0.25) is 0 Å². The zero-order chi connectivity index (χ0) is 13.6. The molecular weight excluding hydrogens is 339 g/mol. The first-order valence-corrected chi connectivity index (χ1v) is 8.46. The van der Waals surface area contributed by atoms with Gasteiger partial charge in [-0.25, -0.2) is 4.79 Å². The third-order valence-corrected chi connectivity index (χ3v) is 3.68. The molecular formula is C15H25IO2. The summed E-state index contributed by atoms with van der Waals surface area (Å²) in [5.74, 6) is 1.43. The molecule has 0 aliphatic heterocycles. The van der Waals surface area contributed by atoms with Gasteiger partial charge in [-0.15, -0.1) is 6.42 Å². The molecule has 2 nitrogen and oxygen atoms in total. The van der Waals surface area contributed by atoms with E-state index >= 15 is 0 Å². The number of terminal acetylenes is 1. The van der Waals surface area contributed by atoms with E-state index < -0.39 is 5.97 Å². The molecule has 0 aliphatic rings. The number of rotatable bonds is 11. The molecule has 0 rings (SSSR count). The third-order valence-electron chi connectivity index (χ3n) is 2.92. The molecule has 0 saturated heterocycles. The largest absolute Gasteiger partial charge is 0.453 e. The van der Waals surface area contributed by atoms with Gasteiger partial charge in [0.25, 0.3) is 0 Å². The second kappa shape index (κ2) is 13.2. The van der Waals surface area contributed by atoms with E-state index in [0.29, 0.717) is 0 Å². The van der Waals surface area contributed by atoms with E-state index in [0.717, 1.165) is 12.8 Å². The highest BCUT2D eigenvalue weighted by Gasteiger charge is 2.05. The predicted octanol–water partition coefficient (Wildman–Crippen LogP) is 4.50. The Morgan fingerprint density at radius 1 is 1.11 bits per heavy atom. The number of halogens is 1. The van der Waals surface area contributed by atoms with Crippen LogP contribution in [0, 0.1) is 12.3 Å². The Kier molecular flexibility index (Phi) is 13.0.